The minimum Gasteiger partial charge on any atom is -0.481 e. The highest BCUT2D eigenvalue weighted by Crippen LogP contribution is 2.42. The summed E-state index contributed by atoms with van der Waals surface area (Å²) in [6.45, 7) is 5.33. The highest BCUT2D eigenvalue weighted by atomic mass is 35.5. The van der Waals surface area contributed by atoms with Gasteiger partial charge in [-0.15, -0.1) is 0 Å². The molecule has 4 rings (SSSR count). The van der Waals surface area contributed by atoms with Crippen LogP contribution in [-0.2, 0) is 15.2 Å². The van der Waals surface area contributed by atoms with Crippen LogP contribution in [0.1, 0.15) is 75.5 Å². The fourth-order valence-electron chi connectivity index (χ4n) is 4.71. The van der Waals surface area contributed by atoms with Crippen molar-refractivity contribution in [3.8, 4) is 0 Å². The van der Waals surface area contributed by atoms with Crippen LogP contribution in [0.5, 0.6) is 0 Å². The molecular weight excluding hydrogens is 523 g/mol. The van der Waals surface area contributed by atoms with E-state index >= 15 is 0 Å². The second-order valence-electron chi connectivity index (χ2n) is 9.91. The van der Waals surface area contributed by atoms with Gasteiger partial charge in [0, 0.05) is 16.0 Å². The minimum absolute atomic E-state index is 0.170. The molecule has 1 saturated heterocycles. The molecule has 0 saturated carbocycles. The maximum absolute atomic E-state index is 13.5. The Balaban J connectivity index is 0.000000494. The first-order valence-corrected chi connectivity index (χ1v) is 13.5. The Bertz CT molecular complexity index is 1210. The number of hydrogen-bond donors (Lipinski definition) is 2. The quantitative estimate of drug-likeness (QED) is 0.320. The van der Waals surface area contributed by atoms with Crippen LogP contribution < -0.4 is 0 Å². The van der Waals surface area contributed by atoms with Gasteiger partial charge in [0.25, 0.3) is 0 Å². The van der Waals surface area contributed by atoms with E-state index in [-0.39, 0.29) is 24.4 Å². The predicted molar refractivity (Wildman–Crippen MR) is 150 cm³/mol. The fourth-order valence-corrected chi connectivity index (χ4v) is 4.98. The molecule has 1 aliphatic heterocycles. The number of carboxylic acids is 1. The van der Waals surface area contributed by atoms with Crippen molar-refractivity contribution in [3.63, 3.8) is 0 Å². The molecule has 3 unspecified atom stereocenters. The lowest BCUT2D eigenvalue weighted by Gasteiger charge is -2.44. The zero-order valence-corrected chi connectivity index (χ0v) is 23.4. The molecule has 0 aliphatic carbocycles. The zero-order chi connectivity index (χ0) is 27.9. The lowest BCUT2D eigenvalue weighted by atomic mass is 9.84. The number of nitrogens with zero attached hydrogens (tertiary/aromatic N) is 2. The van der Waals surface area contributed by atoms with Gasteiger partial charge in [0.05, 0.1) is 29.9 Å². The molecule has 3 atom stereocenters. The number of carboxylic acid groups (broad SMARTS) is 1. The summed E-state index contributed by atoms with van der Waals surface area (Å²) < 4.78 is 0. The molecule has 1 aliphatic rings. The number of carbonyl (C=O) groups is 2. The first-order valence-electron chi connectivity index (χ1n) is 12.7. The molecule has 8 heteroatoms. The zero-order valence-electron chi connectivity index (χ0n) is 21.8. The number of likely N-dealkylation sites (tertiary alicyclic amines) is 1. The average molecular weight is 558 g/mol. The molecule has 0 spiro atoms. The lowest BCUT2D eigenvalue weighted by molar-refractivity contribution is -0.151. The van der Waals surface area contributed by atoms with Crippen LogP contribution in [0.3, 0.4) is 0 Å². The summed E-state index contributed by atoms with van der Waals surface area (Å²) in [5.74, 6) is -1.71. The monoisotopic (exact) mass is 556 g/mol. The number of carbonyl (C=O) groups excluding carboxylic acids is 1. The summed E-state index contributed by atoms with van der Waals surface area (Å²) in [5, 5.41) is 21.1. The molecule has 0 bridgehead atoms. The largest absolute Gasteiger partial charge is 0.481 e. The minimum atomic E-state index is -1.11. The van der Waals surface area contributed by atoms with Gasteiger partial charge in [0.2, 0.25) is 5.91 Å². The number of aliphatic hydroxyl groups is 1. The summed E-state index contributed by atoms with van der Waals surface area (Å²) in [6.07, 6.45) is 1.60. The van der Waals surface area contributed by atoms with Crippen molar-refractivity contribution in [2.24, 2.45) is 5.92 Å². The second-order valence-corrected chi connectivity index (χ2v) is 10.8. The van der Waals surface area contributed by atoms with Crippen LogP contribution in [-0.4, -0.2) is 32.0 Å². The van der Waals surface area contributed by atoms with E-state index in [2.05, 4.69) is 4.98 Å². The van der Waals surface area contributed by atoms with Gasteiger partial charge >= 0.3 is 5.97 Å². The molecule has 1 fully saturated rings. The number of aliphatic carboxylic acids is 1. The highest BCUT2D eigenvalue weighted by molar-refractivity contribution is 6.30. The van der Waals surface area contributed by atoms with E-state index in [0.29, 0.717) is 35.7 Å². The maximum atomic E-state index is 13.5. The molecule has 38 heavy (non-hydrogen) atoms. The van der Waals surface area contributed by atoms with E-state index in [1.807, 2.05) is 61.5 Å². The molecular formula is C30H34Cl2N2O4. The van der Waals surface area contributed by atoms with Gasteiger partial charge in [-0.05, 0) is 75.1 Å². The summed E-state index contributed by atoms with van der Waals surface area (Å²) in [4.78, 5) is 31.3. The van der Waals surface area contributed by atoms with Crippen LogP contribution >= 0.6 is 23.2 Å². The van der Waals surface area contributed by atoms with E-state index < -0.39 is 17.5 Å². The van der Waals surface area contributed by atoms with Crippen LogP contribution in [0.4, 0.5) is 0 Å². The first kappa shape index (κ1) is 29.6. The van der Waals surface area contributed by atoms with Crippen LogP contribution in [0, 0.1) is 5.92 Å². The Labute approximate surface area is 234 Å². The van der Waals surface area contributed by atoms with E-state index in [4.69, 9.17) is 23.2 Å². The number of pyridine rings is 1. The van der Waals surface area contributed by atoms with Crippen LogP contribution in [0.2, 0.25) is 10.0 Å². The number of halogens is 2. The standard InChI is InChI=1S/C24H29ClN2O4.C6H5Cl/c1-4-19(18-6-5-7-21(26-18)24(2,3)31)27-20(15-8-11-17(25)12-9-15)13-10-16(23(27)30)14-22(28)29;7-6-4-2-1-3-5-6/h5-9,11-12,16,19-20,31H,4,10,13-14H2,1-3H3,(H,28,29);1-5H. The lowest BCUT2D eigenvalue weighted by Crippen LogP contribution is -2.46. The predicted octanol–water partition coefficient (Wildman–Crippen LogP) is 7.21. The Morgan fingerprint density at radius 2 is 1.63 bits per heavy atom. The number of hydrogen-bond acceptors (Lipinski definition) is 4. The van der Waals surface area contributed by atoms with E-state index in [1.165, 1.54) is 0 Å². The van der Waals surface area contributed by atoms with E-state index in [9.17, 15) is 19.8 Å². The third-order valence-electron chi connectivity index (χ3n) is 6.60. The Kier molecular flexibility index (Phi) is 10.3. The van der Waals surface area contributed by atoms with Crippen LogP contribution in [0.15, 0.2) is 72.8 Å². The van der Waals surface area contributed by atoms with Gasteiger partial charge in [-0.25, -0.2) is 0 Å². The number of rotatable bonds is 7. The van der Waals surface area contributed by atoms with Gasteiger partial charge in [-0.1, -0.05) is 66.5 Å². The number of benzene rings is 2. The Morgan fingerprint density at radius 1 is 1.00 bits per heavy atom. The van der Waals surface area contributed by atoms with Gasteiger partial charge in [0.1, 0.15) is 5.60 Å². The molecule has 1 aromatic heterocycles. The number of amides is 1. The van der Waals surface area contributed by atoms with Gasteiger partial charge in [0.15, 0.2) is 0 Å². The normalized spacial score (nSPS) is 18.4. The van der Waals surface area contributed by atoms with Crippen molar-refractivity contribution in [1.29, 1.82) is 0 Å². The SMILES string of the molecule is CCC(c1cccc(C(C)(C)O)n1)N1C(=O)C(CC(=O)O)CCC1c1ccc(Cl)cc1.Clc1ccccc1. The van der Waals surface area contributed by atoms with Gasteiger partial charge < -0.3 is 15.1 Å². The fraction of sp³-hybridized carbons (Fsp3) is 0.367. The van der Waals surface area contributed by atoms with E-state index in [0.717, 1.165) is 10.6 Å². The van der Waals surface area contributed by atoms with Crippen molar-refractivity contribution in [1.82, 2.24) is 9.88 Å². The molecule has 0 radical (unpaired) electrons. The van der Waals surface area contributed by atoms with Crippen LogP contribution in [0.25, 0.3) is 0 Å². The van der Waals surface area contributed by atoms with Gasteiger partial charge in [-0.2, -0.15) is 0 Å². The van der Waals surface area contributed by atoms with Gasteiger partial charge in [-0.3, -0.25) is 14.6 Å². The third-order valence-corrected chi connectivity index (χ3v) is 7.10. The molecule has 202 valence electrons. The average Bonchev–Trinajstić information content (AvgIpc) is 2.87. The van der Waals surface area contributed by atoms with Crippen molar-refractivity contribution < 1.29 is 19.8 Å². The Hall–Kier alpha value is -2.93. The molecule has 2 aromatic carbocycles. The summed E-state index contributed by atoms with van der Waals surface area (Å²) in [7, 11) is 0. The third kappa shape index (κ3) is 7.79. The van der Waals surface area contributed by atoms with Crippen molar-refractivity contribution in [2.75, 3.05) is 0 Å². The summed E-state index contributed by atoms with van der Waals surface area (Å²) in [6, 6.07) is 21.8. The van der Waals surface area contributed by atoms with E-state index in [1.54, 1.807) is 36.9 Å². The van der Waals surface area contributed by atoms with Crippen molar-refractivity contribution >= 4 is 35.1 Å². The molecule has 1 amide bonds. The summed E-state index contributed by atoms with van der Waals surface area (Å²) >= 11 is 11.6. The second kappa shape index (κ2) is 13.2. The smallest absolute Gasteiger partial charge is 0.304 e. The first-order chi connectivity index (χ1) is 18.0. The Morgan fingerprint density at radius 3 is 2.16 bits per heavy atom. The number of piperidine rings is 1. The molecule has 6 nitrogen and oxygen atoms in total. The summed E-state index contributed by atoms with van der Waals surface area (Å²) in [5.41, 5.74) is 1.06. The molecule has 2 heterocycles. The molecule has 3 aromatic rings. The van der Waals surface area contributed by atoms with Crippen molar-refractivity contribution in [3.05, 3.63) is 99.8 Å². The van der Waals surface area contributed by atoms with Crippen molar-refractivity contribution in [2.45, 2.75) is 64.1 Å². The maximum Gasteiger partial charge on any atom is 0.304 e. The number of aromatic nitrogens is 1. The topological polar surface area (TPSA) is 90.7 Å². The highest BCUT2D eigenvalue weighted by Gasteiger charge is 2.41. The molecule has 2 N–H and O–H groups in total.